The summed E-state index contributed by atoms with van der Waals surface area (Å²) in [5.74, 6) is -3.68. The van der Waals surface area contributed by atoms with E-state index in [0.29, 0.717) is 12.8 Å². The topological polar surface area (TPSA) is 107 Å². The van der Waals surface area contributed by atoms with E-state index in [1.54, 1.807) is 0 Å². The number of benzene rings is 2. The number of rotatable bonds is 8. The summed E-state index contributed by atoms with van der Waals surface area (Å²) in [6, 6.07) is 16.9. The van der Waals surface area contributed by atoms with Gasteiger partial charge < -0.3 is 15.1 Å². The number of aliphatic carboxylic acids is 2. The minimum absolute atomic E-state index is 0.0173. The van der Waals surface area contributed by atoms with Crippen molar-refractivity contribution in [2.75, 3.05) is 13.6 Å². The van der Waals surface area contributed by atoms with Crippen LogP contribution in [0, 0.1) is 5.92 Å². The summed E-state index contributed by atoms with van der Waals surface area (Å²) in [6.07, 6.45) is 0.937. The van der Waals surface area contributed by atoms with Crippen LogP contribution in [0.4, 0.5) is 0 Å². The standard InChI is InChI=1S/C23H26N2O5/c1-25(15-19(20(26)27)12-11-16-7-3-2-4-8-16)21(28)23(22(29)30)13-17-9-5-6-10-18(17)14-24-23/h2-10,19,24H,11-15H2,1H3,(H,26,27)(H,29,30)/t19?,23-/m0/s1. The van der Waals surface area contributed by atoms with Crippen molar-refractivity contribution >= 4 is 17.8 Å². The van der Waals surface area contributed by atoms with Crippen molar-refractivity contribution in [3.8, 4) is 0 Å². The maximum absolute atomic E-state index is 13.2. The number of likely N-dealkylation sites (N-methyl/N-ethyl adjacent to an activating group) is 1. The number of hydrogen-bond acceptors (Lipinski definition) is 4. The molecule has 0 bridgehead atoms. The van der Waals surface area contributed by atoms with Crippen molar-refractivity contribution in [1.29, 1.82) is 0 Å². The molecule has 1 aliphatic heterocycles. The largest absolute Gasteiger partial charge is 0.481 e. The van der Waals surface area contributed by atoms with Crippen LogP contribution in [0.3, 0.4) is 0 Å². The fourth-order valence-corrected chi connectivity index (χ4v) is 3.91. The van der Waals surface area contributed by atoms with E-state index in [4.69, 9.17) is 0 Å². The van der Waals surface area contributed by atoms with Crippen LogP contribution in [0.2, 0.25) is 0 Å². The molecule has 2 atom stereocenters. The first-order valence-electron chi connectivity index (χ1n) is 9.91. The number of nitrogens with zero attached hydrogens (tertiary/aromatic N) is 1. The first-order chi connectivity index (χ1) is 14.3. The molecule has 1 unspecified atom stereocenters. The summed E-state index contributed by atoms with van der Waals surface area (Å²) < 4.78 is 0. The molecule has 30 heavy (non-hydrogen) atoms. The number of amides is 1. The quantitative estimate of drug-likeness (QED) is 0.574. The van der Waals surface area contributed by atoms with Gasteiger partial charge in [-0.25, -0.2) is 4.79 Å². The summed E-state index contributed by atoms with van der Waals surface area (Å²) in [4.78, 5) is 38.3. The predicted molar refractivity (Wildman–Crippen MR) is 111 cm³/mol. The molecule has 2 aromatic carbocycles. The number of hydrogen-bond donors (Lipinski definition) is 3. The molecule has 1 amide bonds. The second kappa shape index (κ2) is 9.09. The van der Waals surface area contributed by atoms with Gasteiger partial charge in [0.05, 0.1) is 5.92 Å². The minimum Gasteiger partial charge on any atom is -0.481 e. The Bertz CT molecular complexity index is 930. The van der Waals surface area contributed by atoms with Crippen LogP contribution in [-0.4, -0.2) is 52.1 Å². The minimum atomic E-state index is -1.80. The van der Waals surface area contributed by atoms with Gasteiger partial charge in [0.2, 0.25) is 5.54 Å². The van der Waals surface area contributed by atoms with Gasteiger partial charge in [-0.2, -0.15) is 0 Å². The van der Waals surface area contributed by atoms with Crippen LogP contribution in [0.5, 0.6) is 0 Å². The van der Waals surface area contributed by atoms with E-state index in [1.165, 1.54) is 11.9 Å². The number of carbonyl (C=O) groups excluding carboxylic acids is 1. The van der Waals surface area contributed by atoms with E-state index in [0.717, 1.165) is 16.7 Å². The number of carboxylic acid groups (broad SMARTS) is 2. The fraction of sp³-hybridized carbons (Fsp3) is 0.348. The summed E-state index contributed by atoms with van der Waals surface area (Å²) in [7, 11) is 1.47. The lowest BCUT2D eigenvalue weighted by Gasteiger charge is -2.37. The maximum atomic E-state index is 13.2. The Morgan fingerprint density at radius 1 is 1.03 bits per heavy atom. The Morgan fingerprint density at radius 2 is 1.67 bits per heavy atom. The van der Waals surface area contributed by atoms with Crippen LogP contribution in [0.25, 0.3) is 0 Å². The van der Waals surface area contributed by atoms with Gasteiger partial charge in [0.1, 0.15) is 0 Å². The molecule has 0 spiro atoms. The van der Waals surface area contributed by atoms with Gasteiger partial charge in [0, 0.05) is 26.6 Å². The highest BCUT2D eigenvalue weighted by Crippen LogP contribution is 2.26. The van der Waals surface area contributed by atoms with Crippen LogP contribution in [0.1, 0.15) is 23.1 Å². The highest BCUT2D eigenvalue weighted by atomic mass is 16.4. The molecule has 1 aliphatic rings. The monoisotopic (exact) mass is 410 g/mol. The van der Waals surface area contributed by atoms with Crippen molar-refractivity contribution in [2.45, 2.75) is 31.3 Å². The van der Waals surface area contributed by atoms with Crippen LogP contribution in [-0.2, 0) is 33.8 Å². The van der Waals surface area contributed by atoms with E-state index < -0.39 is 29.3 Å². The average molecular weight is 410 g/mol. The van der Waals surface area contributed by atoms with E-state index in [1.807, 2.05) is 54.6 Å². The first kappa shape index (κ1) is 21.5. The number of nitrogens with one attached hydrogen (secondary N) is 1. The third-order valence-electron chi connectivity index (χ3n) is 5.70. The molecule has 3 N–H and O–H groups in total. The van der Waals surface area contributed by atoms with E-state index in [-0.39, 0.29) is 19.5 Å². The molecule has 7 heteroatoms. The summed E-state index contributed by atoms with van der Waals surface area (Å²) >= 11 is 0. The van der Waals surface area contributed by atoms with E-state index >= 15 is 0 Å². The smallest absolute Gasteiger partial charge is 0.334 e. The Hall–Kier alpha value is -3.19. The molecule has 0 radical (unpaired) electrons. The lowest BCUT2D eigenvalue weighted by atomic mass is 9.83. The van der Waals surface area contributed by atoms with Crippen LogP contribution >= 0.6 is 0 Å². The summed E-state index contributed by atoms with van der Waals surface area (Å²) in [5, 5.41) is 22.4. The van der Waals surface area contributed by atoms with Gasteiger partial charge in [0.25, 0.3) is 5.91 Å². The molecule has 0 aromatic heterocycles. The Labute approximate surface area is 175 Å². The molecule has 0 fully saturated rings. The molecule has 2 aromatic rings. The second-order valence-corrected chi connectivity index (χ2v) is 7.75. The third kappa shape index (κ3) is 4.52. The molecule has 0 aliphatic carbocycles. The van der Waals surface area contributed by atoms with Gasteiger partial charge in [0.15, 0.2) is 0 Å². The Morgan fingerprint density at radius 3 is 2.30 bits per heavy atom. The number of aryl methyl sites for hydroxylation is 1. The zero-order valence-corrected chi connectivity index (χ0v) is 16.9. The van der Waals surface area contributed by atoms with Crippen molar-refractivity contribution in [3.63, 3.8) is 0 Å². The Kier molecular flexibility index (Phi) is 6.52. The molecule has 0 saturated heterocycles. The first-order valence-corrected chi connectivity index (χ1v) is 9.91. The molecular weight excluding hydrogens is 384 g/mol. The van der Waals surface area contributed by atoms with Crippen molar-refractivity contribution in [2.24, 2.45) is 5.92 Å². The Balaban J connectivity index is 1.73. The normalized spacial score (nSPS) is 18.8. The third-order valence-corrected chi connectivity index (χ3v) is 5.70. The SMILES string of the molecule is CN(CC(CCc1ccccc1)C(=O)O)C(=O)[C@]1(C(=O)O)Cc2ccccc2CN1. The lowest BCUT2D eigenvalue weighted by molar-refractivity contribution is -0.156. The van der Waals surface area contributed by atoms with Crippen LogP contribution < -0.4 is 5.32 Å². The van der Waals surface area contributed by atoms with Gasteiger partial charge in [-0.15, -0.1) is 0 Å². The summed E-state index contributed by atoms with van der Waals surface area (Å²) in [6.45, 7) is 0.206. The van der Waals surface area contributed by atoms with Crippen molar-refractivity contribution in [3.05, 3.63) is 71.3 Å². The second-order valence-electron chi connectivity index (χ2n) is 7.75. The highest BCUT2D eigenvalue weighted by molar-refractivity contribution is 6.07. The molecule has 7 nitrogen and oxygen atoms in total. The zero-order valence-electron chi connectivity index (χ0n) is 16.9. The van der Waals surface area contributed by atoms with Gasteiger partial charge in [-0.1, -0.05) is 54.6 Å². The number of carbonyl (C=O) groups is 3. The molecule has 0 saturated carbocycles. The average Bonchev–Trinajstić information content (AvgIpc) is 2.75. The molecule has 158 valence electrons. The maximum Gasteiger partial charge on any atom is 0.334 e. The number of carboxylic acids is 2. The van der Waals surface area contributed by atoms with Gasteiger partial charge in [-0.05, 0) is 29.5 Å². The molecular formula is C23H26N2O5. The van der Waals surface area contributed by atoms with E-state index in [2.05, 4.69) is 5.32 Å². The fourth-order valence-electron chi connectivity index (χ4n) is 3.91. The molecule has 3 rings (SSSR count). The highest BCUT2D eigenvalue weighted by Gasteiger charge is 2.50. The zero-order chi connectivity index (χ0) is 21.7. The van der Waals surface area contributed by atoms with Gasteiger partial charge >= 0.3 is 11.9 Å². The van der Waals surface area contributed by atoms with Crippen LogP contribution in [0.15, 0.2) is 54.6 Å². The summed E-state index contributed by atoms with van der Waals surface area (Å²) in [5.41, 5.74) is 0.978. The van der Waals surface area contributed by atoms with Crippen molar-refractivity contribution in [1.82, 2.24) is 10.2 Å². The van der Waals surface area contributed by atoms with Crippen molar-refractivity contribution < 1.29 is 24.6 Å². The number of fused-ring (bicyclic) bond motifs is 1. The lowest BCUT2D eigenvalue weighted by Crippen LogP contribution is -2.65. The van der Waals surface area contributed by atoms with Gasteiger partial charge in [-0.3, -0.25) is 14.9 Å². The molecule has 1 heterocycles. The van der Waals surface area contributed by atoms with E-state index in [9.17, 15) is 24.6 Å². The predicted octanol–water partition coefficient (Wildman–Crippen LogP) is 1.95.